The van der Waals surface area contributed by atoms with Crippen molar-refractivity contribution < 1.29 is 18.0 Å². The van der Waals surface area contributed by atoms with E-state index in [2.05, 4.69) is 0 Å². The molecule has 0 unspecified atom stereocenters. The van der Waals surface area contributed by atoms with Crippen LogP contribution in [-0.4, -0.2) is 11.4 Å². The van der Waals surface area contributed by atoms with Gasteiger partial charge in [0.15, 0.2) is 0 Å². The lowest BCUT2D eigenvalue weighted by molar-refractivity contribution is -0.0328. The summed E-state index contributed by atoms with van der Waals surface area (Å²) >= 11 is -0.176. The highest BCUT2D eigenvalue weighted by atomic mass is 32.2. The van der Waals surface area contributed by atoms with Gasteiger partial charge in [-0.25, -0.2) is 0 Å². The van der Waals surface area contributed by atoms with Gasteiger partial charge in [-0.05, 0) is 41.1 Å². The normalized spacial score (nSPS) is 11.3. The molecule has 0 atom stereocenters. The number of nitrogens with two attached hydrogens (primary N) is 1. The van der Waals surface area contributed by atoms with Crippen molar-refractivity contribution in [2.75, 3.05) is 0 Å². The number of primary amides is 1. The molecule has 2 aromatic carbocycles. The summed E-state index contributed by atoms with van der Waals surface area (Å²) in [5, 5.41) is 0. The van der Waals surface area contributed by atoms with Crippen LogP contribution in [0.25, 0.3) is 11.1 Å². The van der Waals surface area contributed by atoms with Crippen molar-refractivity contribution in [2.24, 2.45) is 5.73 Å². The number of alkyl halides is 3. The number of thioether (sulfide) groups is 1. The monoisotopic (exact) mass is 297 g/mol. The predicted molar refractivity (Wildman–Crippen MR) is 72.3 cm³/mol. The first-order valence-electron chi connectivity index (χ1n) is 5.62. The van der Waals surface area contributed by atoms with Crippen LogP contribution in [0.1, 0.15) is 10.4 Å². The third-order valence-electron chi connectivity index (χ3n) is 2.59. The standard InChI is InChI=1S/C14H10F3NOS/c15-14(16,17)20-10-7-5-9(6-8-10)11-3-1-2-4-12(11)13(18)19/h1-8H,(H2,18,19). The lowest BCUT2D eigenvalue weighted by atomic mass is 9.99. The molecule has 20 heavy (non-hydrogen) atoms. The van der Waals surface area contributed by atoms with Gasteiger partial charge < -0.3 is 5.73 Å². The number of carbonyl (C=O) groups is 1. The minimum atomic E-state index is -4.31. The zero-order valence-corrected chi connectivity index (χ0v) is 11.0. The zero-order valence-electron chi connectivity index (χ0n) is 10.1. The molecule has 0 fully saturated rings. The molecular weight excluding hydrogens is 287 g/mol. The van der Waals surface area contributed by atoms with Crippen molar-refractivity contribution in [3.05, 3.63) is 54.1 Å². The van der Waals surface area contributed by atoms with E-state index in [1.165, 1.54) is 24.3 Å². The maximum atomic E-state index is 12.2. The molecule has 0 aromatic heterocycles. The summed E-state index contributed by atoms with van der Waals surface area (Å²) in [5.41, 5.74) is 2.54. The van der Waals surface area contributed by atoms with Crippen molar-refractivity contribution in [3.63, 3.8) is 0 Å². The van der Waals surface area contributed by atoms with E-state index in [0.29, 0.717) is 16.7 Å². The van der Waals surface area contributed by atoms with Gasteiger partial charge in [0, 0.05) is 10.5 Å². The number of hydrogen-bond donors (Lipinski definition) is 1. The minimum absolute atomic E-state index is 0.0952. The van der Waals surface area contributed by atoms with Gasteiger partial charge in [0.1, 0.15) is 0 Å². The SMILES string of the molecule is NC(=O)c1ccccc1-c1ccc(SC(F)(F)F)cc1. The Morgan fingerprint density at radius 1 is 1.00 bits per heavy atom. The van der Waals surface area contributed by atoms with Crippen molar-refractivity contribution >= 4 is 17.7 Å². The van der Waals surface area contributed by atoms with Gasteiger partial charge in [0.2, 0.25) is 5.91 Å². The Morgan fingerprint density at radius 3 is 2.15 bits per heavy atom. The minimum Gasteiger partial charge on any atom is -0.366 e. The Kier molecular flexibility index (Phi) is 4.04. The number of hydrogen-bond acceptors (Lipinski definition) is 2. The van der Waals surface area contributed by atoms with E-state index in [9.17, 15) is 18.0 Å². The quantitative estimate of drug-likeness (QED) is 0.868. The first kappa shape index (κ1) is 14.5. The van der Waals surface area contributed by atoms with Gasteiger partial charge in [-0.3, -0.25) is 4.79 Å². The summed E-state index contributed by atoms with van der Waals surface area (Å²) in [6, 6.07) is 12.5. The molecule has 0 radical (unpaired) electrons. The second-order valence-corrected chi connectivity index (χ2v) is 5.12. The van der Waals surface area contributed by atoms with Gasteiger partial charge in [-0.1, -0.05) is 30.3 Å². The van der Waals surface area contributed by atoms with E-state index < -0.39 is 11.4 Å². The van der Waals surface area contributed by atoms with E-state index in [4.69, 9.17) is 5.73 Å². The predicted octanol–water partition coefficient (Wildman–Crippen LogP) is 4.06. The molecule has 0 saturated carbocycles. The van der Waals surface area contributed by atoms with Crippen molar-refractivity contribution in [1.29, 1.82) is 0 Å². The highest BCUT2D eigenvalue weighted by molar-refractivity contribution is 8.00. The van der Waals surface area contributed by atoms with E-state index in [1.807, 2.05) is 0 Å². The summed E-state index contributed by atoms with van der Waals surface area (Å²) < 4.78 is 36.7. The van der Waals surface area contributed by atoms with Gasteiger partial charge >= 0.3 is 5.51 Å². The molecule has 6 heteroatoms. The van der Waals surface area contributed by atoms with Gasteiger partial charge in [-0.15, -0.1) is 0 Å². The van der Waals surface area contributed by atoms with Crippen molar-refractivity contribution in [1.82, 2.24) is 0 Å². The molecule has 2 aromatic rings. The van der Waals surface area contributed by atoms with E-state index in [1.54, 1.807) is 24.3 Å². The third-order valence-corrected chi connectivity index (χ3v) is 3.33. The lowest BCUT2D eigenvalue weighted by Gasteiger charge is -2.09. The first-order valence-corrected chi connectivity index (χ1v) is 6.43. The average Bonchev–Trinajstić information content (AvgIpc) is 2.38. The molecular formula is C14H10F3NOS. The molecule has 0 saturated heterocycles. The van der Waals surface area contributed by atoms with Crippen LogP contribution in [0.15, 0.2) is 53.4 Å². The molecule has 2 rings (SSSR count). The molecule has 0 bridgehead atoms. The second-order valence-electron chi connectivity index (χ2n) is 3.98. The van der Waals surface area contributed by atoms with Crippen LogP contribution in [0.4, 0.5) is 13.2 Å². The molecule has 0 spiro atoms. The number of halogens is 3. The summed E-state index contributed by atoms with van der Waals surface area (Å²) in [6.45, 7) is 0. The van der Waals surface area contributed by atoms with E-state index in [0.717, 1.165) is 0 Å². The largest absolute Gasteiger partial charge is 0.446 e. The van der Waals surface area contributed by atoms with E-state index >= 15 is 0 Å². The maximum absolute atomic E-state index is 12.2. The summed E-state index contributed by atoms with van der Waals surface area (Å²) in [5.74, 6) is -0.575. The molecule has 104 valence electrons. The molecule has 0 aliphatic heterocycles. The van der Waals surface area contributed by atoms with Gasteiger partial charge in [0.25, 0.3) is 0 Å². The topological polar surface area (TPSA) is 43.1 Å². The number of carbonyl (C=O) groups excluding carboxylic acids is 1. The fourth-order valence-corrected chi connectivity index (χ4v) is 2.33. The fourth-order valence-electron chi connectivity index (χ4n) is 1.79. The highest BCUT2D eigenvalue weighted by Crippen LogP contribution is 2.37. The Morgan fingerprint density at radius 2 is 1.60 bits per heavy atom. The summed E-state index contributed by atoms with van der Waals surface area (Å²) in [7, 11) is 0. The van der Waals surface area contributed by atoms with Gasteiger partial charge in [0.05, 0.1) is 0 Å². The van der Waals surface area contributed by atoms with E-state index in [-0.39, 0.29) is 16.7 Å². The maximum Gasteiger partial charge on any atom is 0.446 e. The molecule has 0 heterocycles. The fraction of sp³-hybridized carbons (Fsp3) is 0.0714. The Balaban J connectivity index is 2.33. The number of benzene rings is 2. The van der Waals surface area contributed by atoms with Crippen LogP contribution in [0.2, 0.25) is 0 Å². The van der Waals surface area contributed by atoms with Crippen LogP contribution in [0.5, 0.6) is 0 Å². The van der Waals surface area contributed by atoms with Crippen LogP contribution in [-0.2, 0) is 0 Å². The van der Waals surface area contributed by atoms with Crippen molar-refractivity contribution in [2.45, 2.75) is 10.4 Å². The van der Waals surface area contributed by atoms with Crippen LogP contribution >= 0.6 is 11.8 Å². The van der Waals surface area contributed by atoms with Crippen LogP contribution in [0, 0.1) is 0 Å². The molecule has 2 nitrogen and oxygen atoms in total. The average molecular weight is 297 g/mol. The smallest absolute Gasteiger partial charge is 0.366 e. The number of amides is 1. The van der Waals surface area contributed by atoms with Gasteiger partial charge in [-0.2, -0.15) is 13.2 Å². The van der Waals surface area contributed by atoms with Crippen LogP contribution < -0.4 is 5.73 Å². The molecule has 0 aliphatic carbocycles. The molecule has 1 amide bonds. The van der Waals surface area contributed by atoms with Crippen LogP contribution in [0.3, 0.4) is 0 Å². The first-order chi connectivity index (χ1) is 9.37. The summed E-state index contributed by atoms with van der Waals surface area (Å²) in [4.78, 5) is 11.4. The Labute approximate surface area is 117 Å². The zero-order chi connectivity index (χ0) is 14.8. The molecule has 2 N–H and O–H groups in total. The Hall–Kier alpha value is -1.95. The third kappa shape index (κ3) is 3.54. The second kappa shape index (κ2) is 5.58. The lowest BCUT2D eigenvalue weighted by Crippen LogP contribution is -2.12. The molecule has 0 aliphatic rings. The highest BCUT2D eigenvalue weighted by Gasteiger charge is 2.29. The Bertz CT molecular complexity index is 623. The summed E-state index contributed by atoms with van der Waals surface area (Å²) in [6.07, 6.45) is 0. The van der Waals surface area contributed by atoms with Crippen molar-refractivity contribution in [3.8, 4) is 11.1 Å². The number of rotatable bonds is 3.